The van der Waals surface area contributed by atoms with E-state index in [1.165, 1.54) is 5.56 Å². The molecule has 2 heterocycles. The quantitative estimate of drug-likeness (QED) is 0.802. The van der Waals surface area contributed by atoms with Crippen molar-refractivity contribution in [3.8, 4) is 5.75 Å². The molecule has 0 unspecified atom stereocenters. The van der Waals surface area contributed by atoms with Crippen molar-refractivity contribution in [1.82, 2.24) is 14.5 Å². The Morgan fingerprint density at radius 2 is 1.81 bits per heavy atom. The van der Waals surface area contributed by atoms with E-state index in [1.54, 1.807) is 6.20 Å². The molecule has 6 nitrogen and oxygen atoms in total. The largest absolute Gasteiger partial charge is 0.484 e. The van der Waals surface area contributed by atoms with Gasteiger partial charge in [-0.25, -0.2) is 4.98 Å². The average molecular weight is 379 g/mol. The minimum atomic E-state index is 0. The van der Waals surface area contributed by atoms with Gasteiger partial charge in [-0.05, 0) is 23.6 Å². The number of rotatable bonds is 5. The summed E-state index contributed by atoms with van der Waals surface area (Å²) in [5.41, 5.74) is 1.27. The van der Waals surface area contributed by atoms with E-state index in [1.807, 2.05) is 34.8 Å². The number of benzene rings is 1. The Morgan fingerprint density at radius 3 is 2.35 bits per heavy atom. The van der Waals surface area contributed by atoms with Crippen LogP contribution in [0.2, 0.25) is 0 Å². The summed E-state index contributed by atoms with van der Waals surface area (Å²) in [4.78, 5) is 20.8. The van der Waals surface area contributed by atoms with Crippen molar-refractivity contribution in [2.24, 2.45) is 7.05 Å². The van der Waals surface area contributed by atoms with E-state index in [2.05, 4.69) is 35.9 Å². The maximum Gasteiger partial charge on any atom is 0.260 e. The monoisotopic (exact) mass is 378 g/mol. The number of piperazine rings is 1. The number of aryl methyl sites for hydroxylation is 1. The van der Waals surface area contributed by atoms with Crippen LogP contribution >= 0.6 is 12.4 Å². The fraction of sp³-hybridized carbons (Fsp3) is 0.474. The molecule has 0 atom stereocenters. The van der Waals surface area contributed by atoms with Crippen LogP contribution < -0.4 is 9.64 Å². The molecule has 1 aliphatic heterocycles. The fourth-order valence-corrected chi connectivity index (χ4v) is 3.00. The predicted molar refractivity (Wildman–Crippen MR) is 105 cm³/mol. The molecule has 0 aliphatic carbocycles. The zero-order chi connectivity index (χ0) is 17.8. The highest BCUT2D eigenvalue weighted by atomic mass is 35.5. The molecule has 1 amide bonds. The van der Waals surface area contributed by atoms with Crippen molar-refractivity contribution < 1.29 is 9.53 Å². The van der Waals surface area contributed by atoms with E-state index in [0.717, 1.165) is 24.8 Å². The Morgan fingerprint density at radius 1 is 1.15 bits per heavy atom. The molecule has 0 radical (unpaired) electrons. The minimum absolute atomic E-state index is 0. The lowest BCUT2D eigenvalue weighted by Crippen LogP contribution is -2.50. The lowest BCUT2D eigenvalue weighted by atomic mass is 10.0. The van der Waals surface area contributed by atoms with Gasteiger partial charge >= 0.3 is 0 Å². The number of hydrogen-bond donors (Lipinski definition) is 0. The molecule has 26 heavy (non-hydrogen) atoms. The van der Waals surface area contributed by atoms with E-state index in [-0.39, 0.29) is 24.9 Å². The second-order valence-electron chi connectivity index (χ2n) is 6.72. The number of hydrogen-bond acceptors (Lipinski definition) is 4. The number of carbonyl (C=O) groups excluding carboxylic acids is 1. The van der Waals surface area contributed by atoms with Crippen LogP contribution in [0.1, 0.15) is 25.3 Å². The number of aromatic nitrogens is 2. The topological polar surface area (TPSA) is 50.6 Å². The molecule has 0 saturated carbocycles. The zero-order valence-corrected chi connectivity index (χ0v) is 16.4. The molecule has 1 saturated heterocycles. The van der Waals surface area contributed by atoms with Crippen molar-refractivity contribution in [2.75, 3.05) is 37.7 Å². The van der Waals surface area contributed by atoms with Gasteiger partial charge in [0.05, 0.1) is 0 Å². The Labute approximate surface area is 161 Å². The van der Waals surface area contributed by atoms with Gasteiger partial charge in [-0.1, -0.05) is 26.0 Å². The Bertz CT molecular complexity index is 707. The van der Waals surface area contributed by atoms with Crippen molar-refractivity contribution in [3.63, 3.8) is 0 Å². The summed E-state index contributed by atoms with van der Waals surface area (Å²) in [5, 5.41) is 0. The van der Waals surface area contributed by atoms with E-state index in [0.29, 0.717) is 19.0 Å². The van der Waals surface area contributed by atoms with Gasteiger partial charge in [0, 0.05) is 45.6 Å². The molecule has 1 aromatic carbocycles. The number of ether oxygens (including phenoxy) is 1. The summed E-state index contributed by atoms with van der Waals surface area (Å²) in [6.45, 7) is 7.37. The molecule has 1 aromatic heterocycles. The van der Waals surface area contributed by atoms with Gasteiger partial charge in [-0.15, -0.1) is 12.4 Å². The lowest BCUT2D eigenvalue weighted by Gasteiger charge is -2.35. The molecule has 3 rings (SSSR count). The molecular weight excluding hydrogens is 352 g/mol. The fourth-order valence-electron chi connectivity index (χ4n) is 3.00. The minimum Gasteiger partial charge on any atom is -0.484 e. The van der Waals surface area contributed by atoms with Crippen LogP contribution in [0.3, 0.4) is 0 Å². The first-order valence-electron chi connectivity index (χ1n) is 8.77. The van der Waals surface area contributed by atoms with Gasteiger partial charge in [-0.3, -0.25) is 4.79 Å². The first kappa shape index (κ1) is 20.1. The second kappa shape index (κ2) is 8.94. The SMILES string of the molecule is CC(C)c1ccc(OCC(=O)N2CCN(c3nccn3C)CC2)cc1.Cl. The number of halogens is 1. The average Bonchev–Trinajstić information content (AvgIpc) is 3.06. The highest BCUT2D eigenvalue weighted by Gasteiger charge is 2.23. The first-order chi connectivity index (χ1) is 12.0. The number of nitrogens with zero attached hydrogens (tertiary/aromatic N) is 4. The van der Waals surface area contributed by atoms with Crippen molar-refractivity contribution in [1.29, 1.82) is 0 Å². The Hall–Kier alpha value is -2.21. The third-order valence-corrected chi connectivity index (χ3v) is 4.62. The van der Waals surface area contributed by atoms with E-state index < -0.39 is 0 Å². The maximum absolute atomic E-state index is 12.4. The summed E-state index contributed by atoms with van der Waals surface area (Å²) in [7, 11) is 1.98. The molecule has 1 aliphatic rings. The van der Waals surface area contributed by atoms with Gasteiger partial charge in [0.2, 0.25) is 5.95 Å². The molecule has 0 N–H and O–H groups in total. The Balaban J connectivity index is 0.00000243. The second-order valence-corrected chi connectivity index (χ2v) is 6.72. The van der Waals surface area contributed by atoms with Gasteiger partial charge in [0.25, 0.3) is 5.91 Å². The van der Waals surface area contributed by atoms with Crippen LogP contribution in [0.25, 0.3) is 0 Å². The van der Waals surface area contributed by atoms with E-state index in [4.69, 9.17) is 4.74 Å². The van der Waals surface area contributed by atoms with Crippen molar-refractivity contribution >= 4 is 24.3 Å². The third-order valence-electron chi connectivity index (χ3n) is 4.62. The smallest absolute Gasteiger partial charge is 0.260 e. The molecule has 0 bridgehead atoms. The zero-order valence-electron chi connectivity index (χ0n) is 15.6. The summed E-state index contributed by atoms with van der Waals surface area (Å²) < 4.78 is 7.65. The molecule has 2 aromatic rings. The molecular formula is C19H27ClN4O2. The maximum atomic E-state index is 12.4. The number of carbonyl (C=O) groups is 1. The standard InChI is InChI=1S/C19H26N4O2.ClH/c1-15(2)16-4-6-17(7-5-16)25-14-18(24)22-10-12-23(13-11-22)19-20-8-9-21(19)3;/h4-9,15H,10-14H2,1-3H3;1H. The van der Waals surface area contributed by atoms with Gasteiger partial charge in [-0.2, -0.15) is 0 Å². The van der Waals surface area contributed by atoms with Crippen LogP contribution in [-0.4, -0.2) is 53.1 Å². The van der Waals surface area contributed by atoms with Crippen LogP contribution in [0.5, 0.6) is 5.75 Å². The molecule has 0 spiro atoms. The summed E-state index contributed by atoms with van der Waals surface area (Å²) in [6, 6.07) is 7.97. The van der Waals surface area contributed by atoms with Crippen molar-refractivity contribution in [3.05, 3.63) is 42.2 Å². The number of amides is 1. The van der Waals surface area contributed by atoms with Crippen LogP contribution in [0.15, 0.2) is 36.7 Å². The first-order valence-corrected chi connectivity index (χ1v) is 8.77. The summed E-state index contributed by atoms with van der Waals surface area (Å²) >= 11 is 0. The van der Waals surface area contributed by atoms with Gasteiger partial charge < -0.3 is 19.1 Å². The normalized spacial score (nSPS) is 14.3. The van der Waals surface area contributed by atoms with Crippen molar-refractivity contribution in [2.45, 2.75) is 19.8 Å². The highest BCUT2D eigenvalue weighted by Crippen LogP contribution is 2.19. The summed E-state index contributed by atoms with van der Waals surface area (Å²) in [6.07, 6.45) is 3.73. The van der Waals surface area contributed by atoms with E-state index in [9.17, 15) is 4.79 Å². The van der Waals surface area contributed by atoms with Crippen LogP contribution in [0, 0.1) is 0 Å². The van der Waals surface area contributed by atoms with Crippen LogP contribution in [0.4, 0.5) is 5.95 Å². The van der Waals surface area contributed by atoms with Gasteiger partial charge in [0.1, 0.15) is 5.75 Å². The Kier molecular flexibility index (Phi) is 6.91. The number of anilines is 1. The van der Waals surface area contributed by atoms with E-state index >= 15 is 0 Å². The lowest BCUT2D eigenvalue weighted by molar-refractivity contribution is -0.133. The predicted octanol–water partition coefficient (Wildman–Crippen LogP) is 2.69. The number of imidazole rings is 1. The molecule has 7 heteroatoms. The highest BCUT2D eigenvalue weighted by molar-refractivity contribution is 5.85. The van der Waals surface area contributed by atoms with Crippen LogP contribution in [-0.2, 0) is 11.8 Å². The molecule has 1 fully saturated rings. The third kappa shape index (κ3) is 4.69. The van der Waals surface area contributed by atoms with Gasteiger partial charge in [0.15, 0.2) is 6.61 Å². The summed E-state index contributed by atoms with van der Waals surface area (Å²) in [5.74, 6) is 2.22. The molecule has 142 valence electrons.